The highest BCUT2D eigenvalue weighted by atomic mass is 35.5. The minimum atomic E-state index is -0.447. The maximum Gasteiger partial charge on any atom is 0.241 e. The number of rotatable bonds is 6. The van der Waals surface area contributed by atoms with Crippen LogP contribution in [0.5, 0.6) is 0 Å². The fourth-order valence-corrected chi connectivity index (χ4v) is 2.29. The summed E-state index contributed by atoms with van der Waals surface area (Å²) in [5.41, 5.74) is 6.72. The molecule has 0 radical (unpaired) electrons. The highest BCUT2D eigenvalue weighted by Gasteiger charge is 2.19. The van der Waals surface area contributed by atoms with Crippen molar-refractivity contribution in [1.29, 1.82) is 0 Å². The zero-order valence-corrected chi connectivity index (χ0v) is 13.3. The number of thioether (sulfide) groups is 1. The number of nitrogens with two attached hydrogens (primary N) is 1. The molecular formula is C14H23ClN2OS. The number of benzene rings is 1. The molecule has 2 unspecified atom stereocenters. The summed E-state index contributed by atoms with van der Waals surface area (Å²) in [6.07, 6.45) is 0.903. The number of carbonyl (C=O) groups excluding carboxylic acids is 1. The van der Waals surface area contributed by atoms with Crippen molar-refractivity contribution < 1.29 is 4.79 Å². The average molecular weight is 303 g/mol. The van der Waals surface area contributed by atoms with E-state index in [1.54, 1.807) is 11.8 Å². The lowest BCUT2D eigenvalue weighted by molar-refractivity contribution is -0.118. The molecule has 108 valence electrons. The van der Waals surface area contributed by atoms with Gasteiger partial charge in [-0.1, -0.05) is 33.3 Å². The average Bonchev–Trinajstić information content (AvgIpc) is 2.37. The lowest BCUT2D eigenvalue weighted by Gasteiger charge is -2.17. The summed E-state index contributed by atoms with van der Waals surface area (Å²) < 4.78 is 0. The van der Waals surface area contributed by atoms with Crippen molar-refractivity contribution in [2.45, 2.75) is 38.1 Å². The Morgan fingerprint density at radius 1 is 1.42 bits per heavy atom. The van der Waals surface area contributed by atoms with Crippen LogP contribution in [0.15, 0.2) is 29.2 Å². The van der Waals surface area contributed by atoms with Crippen LogP contribution in [0.1, 0.15) is 27.2 Å². The molecule has 0 spiro atoms. The van der Waals surface area contributed by atoms with E-state index in [1.807, 2.05) is 38.1 Å². The highest BCUT2D eigenvalue weighted by molar-refractivity contribution is 7.99. The van der Waals surface area contributed by atoms with E-state index >= 15 is 0 Å². The summed E-state index contributed by atoms with van der Waals surface area (Å²) in [7, 11) is 0. The quantitative estimate of drug-likeness (QED) is 0.790. The minimum absolute atomic E-state index is 0. The first-order valence-corrected chi connectivity index (χ1v) is 7.36. The first-order chi connectivity index (χ1) is 8.58. The van der Waals surface area contributed by atoms with Crippen LogP contribution < -0.4 is 11.1 Å². The lowest BCUT2D eigenvalue weighted by atomic mass is 9.99. The SMILES string of the molecule is CCSc1cccc(NC(=O)C(N)C(C)CC)c1.Cl. The van der Waals surface area contributed by atoms with E-state index in [-0.39, 0.29) is 24.2 Å². The molecule has 5 heteroatoms. The molecule has 1 aromatic rings. The molecule has 0 aromatic heterocycles. The number of anilines is 1. The minimum Gasteiger partial charge on any atom is -0.325 e. The number of halogens is 1. The van der Waals surface area contributed by atoms with E-state index in [0.717, 1.165) is 22.8 Å². The second-order valence-electron chi connectivity index (χ2n) is 4.36. The van der Waals surface area contributed by atoms with Gasteiger partial charge in [0.15, 0.2) is 0 Å². The van der Waals surface area contributed by atoms with E-state index in [0.29, 0.717) is 0 Å². The zero-order valence-electron chi connectivity index (χ0n) is 11.7. The Bertz CT molecular complexity index is 401. The predicted octanol–water partition coefficient (Wildman–Crippen LogP) is 3.53. The van der Waals surface area contributed by atoms with E-state index in [2.05, 4.69) is 12.2 Å². The van der Waals surface area contributed by atoms with Gasteiger partial charge in [0, 0.05) is 10.6 Å². The molecule has 1 amide bonds. The van der Waals surface area contributed by atoms with Crippen molar-refractivity contribution in [3.8, 4) is 0 Å². The van der Waals surface area contributed by atoms with Crippen molar-refractivity contribution >= 4 is 35.8 Å². The van der Waals surface area contributed by atoms with Crippen molar-refractivity contribution in [3.05, 3.63) is 24.3 Å². The van der Waals surface area contributed by atoms with Crippen LogP contribution >= 0.6 is 24.2 Å². The molecule has 0 aliphatic rings. The van der Waals surface area contributed by atoms with Crippen LogP contribution in [0, 0.1) is 5.92 Å². The fraction of sp³-hybridized carbons (Fsp3) is 0.500. The van der Waals surface area contributed by atoms with Crippen molar-refractivity contribution in [3.63, 3.8) is 0 Å². The fourth-order valence-electron chi connectivity index (χ4n) is 1.57. The first kappa shape index (κ1) is 18.3. The number of amides is 1. The molecule has 0 saturated carbocycles. The molecule has 1 aromatic carbocycles. The van der Waals surface area contributed by atoms with Gasteiger partial charge in [-0.2, -0.15) is 0 Å². The summed E-state index contributed by atoms with van der Waals surface area (Å²) in [6, 6.07) is 7.41. The maximum absolute atomic E-state index is 11.9. The molecule has 0 heterocycles. The van der Waals surface area contributed by atoms with Gasteiger partial charge in [0.05, 0.1) is 6.04 Å². The van der Waals surface area contributed by atoms with Gasteiger partial charge >= 0.3 is 0 Å². The Morgan fingerprint density at radius 3 is 2.68 bits per heavy atom. The second kappa shape index (κ2) is 9.23. The van der Waals surface area contributed by atoms with Gasteiger partial charge in [-0.3, -0.25) is 4.79 Å². The third-order valence-electron chi connectivity index (χ3n) is 2.97. The molecule has 0 saturated heterocycles. The van der Waals surface area contributed by atoms with Gasteiger partial charge in [-0.05, 0) is 29.9 Å². The maximum atomic E-state index is 11.9. The largest absolute Gasteiger partial charge is 0.325 e. The number of hydrogen-bond acceptors (Lipinski definition) is 3. The Balaban J connectivity index is 0.00000324. The molecule has 19 heavy (non-hydrogen) atoms. The van der Waals surface area contributed by atoms with E-state index in [4.69, 9.17) is 5.73 Å². The molecule has 0 aliphatic heterocycles. The van der Waals surface area contributed by atoms with Crippen LogP contribution in [0.3, 0.4) is 0 Å². The third kappa shape index (κ3) is 5.85. The van der Waals surface area contributed by atoms with Gasteiger partial charge in [-0.25, -0.2) is 0 Å². The Morgan fingerprint density at radius 2 is 2.11 bits per heavy atom. The van der Waals surface area contributed by atoms with Crippen LogP contribution in [0.25, 0.3) is 0 Å². The van der Waals surface area contributed by atoms with Gasteiger partial charge in [0.2, 0.25) is 5.91 Å². The van der Waals surface area contributed by atoms with Crippen LogP contribution in [-0.2, 0) is 4.79 Å². The van der Waals surface area contributed by atoms with Crippen molar-refractivity contribution in [1.82, 2.24) is 0 Å². The summed E-state index contributed by atoms with van der Waals surface area (Å²) in [6.45, 7) is 6.14. The van der Waals surface area contributed by atoms with Gasteiger partial charge in [0.25, 0.3) is 0 Å². The van der Waals surface area contributed by atoms with Crippen LogP contribution in [0.4, 0.5) is 5.69 Å². The molecule has 0 bridgehead atoms. The van der Waals surface area contributed by atoms with E-state index in [9.17, 15) is 4.79 Å². The smallest absolute Gasteiger partial charge is 0.241 e. The van der Waals surface area contributed by atoms with E-state index in [1.165, 1.54) is 0 Å². The van der Waals surface area contributed by atoms with Crippen LogP contribution in [-0.4, -0.2) is 17.7 Å². The summed E-state index contributed by atoms with van der Waals surface area (Å²) >= 11 is 1.75. The lowest BCUT2D eigenvalue weighted by Crippen LogP contribution is -2.40. The third-order valence-corrected chi connectivity index (χ3v) is 3.85. The van der Waals surface area contributed by atoms with Crippen LogP contribution in [0.2, 0.25) is 0 Å². The van der Waals surface area contributed by atoms with Gasteiger partial charge in [-0.15, -0.1) is 24.2 Å². The first-order valence-electron chi connectivity index (χ1n) is 6.37. The topological polar surface area (TPSA) is 55.1 Å². The zero-order chi connectivity index (χ0) is 13.5. The Kier molecular flexibility index (Phi) is 8.89. The molecule has 2 atom stereocenters. The summed E-state index contributed by atoms with van der Waals surface area (Å²) in [5, 5.41) is 2.88. The number of carbonyl (C=O) groups is 1. The second-order valence-corrected chi connectivity index (χ2v) is 5.70. The van der Waals surface area contributed by atoms with E-state index < -0.39 is 6.04 Å². The van der Waals surface area contributed by atoms with Gasteiger partial charge < -0.3 is 11.1 Å². The standard InChI is InChI=1S/C14H22N2OS.ClH/c1-4-10(3)13(15)14(17)16-11-7-6-8-12(9-11)18-5-2;/h6-10,13H,4-5,15H2,1-3H3,(H,16,17);1H. The molecule has 0 fully saturated rings. The molecular weight excluding hydrogens is 280 g/mol. The number of nitrogens with one attached hydrogen (secondary N) is 1. The molecule has 1 rings (SSSR count). The van der Waals surface area contributed by atoms with Crippen molar-refractivity contribution in [2.24, 2.45) is 11.7 Å². The molecule has 0 aliphatic carbocycles. The predicted molar refractivity (Wildman–Crippen MR) is 86.1 cm³/mol. The highest BCUT2D eigenvalue weighted by Crippen LogP contribution is 2.21. The number of hydrogen-bond donors (Lipinski definition) is 2. The summed E-state index contributed by atoms with van der Waals surface area (Å²) in [5.74, 6) is 1.10. The normalized spacial score (nSPS) is 13.3. The monoisotopic (exact) mass is 302 g/mol. The molecule has 3 nitrogen and oxygen atoms in total. The molecule has 3 N–H and O–H groups in total. The van der Waals surface area contributed by atoms with Gasteiger partial charge in [0.1, 0.15) is 0 Å². The Hall–Kier alpha value is -0.710. The van der Waals surface area contributed by atoms with Crippen molar-refractivity contribution in [2.75, 3.05) is 11.1 Å². The Labute approximate surface area is 126 Å². The summed E-state index contributed by atoms with van der Waals surface area (Å²) in [4.78, 5) is 13.1.